The van der Waals surface area contributed by atoms with Gasteiger partial charge in [-0.25, -0.2) is 0 Å². The number of rotatable bonds is 4. The number of aromatic hydroxyl groups is 1. The van der Waals surface area contributed by atoms with Crippen molar-refractivity contribution in [1.82, 2.24) is 4.90 Å². The number of benzene rings is 1. The minimum Gasteiger partial charge on any atom is -0.508 e. The van der Waals surface area contributed by atoms with Crippen molar-refractivity contribution in [2.75, 3.05) is 20.8 Å². The molecule has 1 saturated heterocycles. The summed E-state index contributed by atoms with van der Waals surface area (Å²) in [7, 11) is 2.89. The highest BCUT2D eigenvalue weighted by Gasteiger charge is 2.56. The molecule has 4 atom stereocenters. The van der Waals surface area contributed by atoms with Gasteiger partial charge in [-0.1, -0.05) is 11.6 Å². The number of hydrogen-bond donors (Lipinski definition) is 1. The van der Waals surface area contributed by atoms with Crippen molar-refractivity contribution in [3.63, 3.8) is 0 Å². The third kappa shape index (κ3) is 3.31. The van der Waals surface area contributed by atoms with Gasteiger partial charge in [0.15, 0.2) is 11.6 Å². The molecule has 1 fully saturated rings. The molecule has 3 aliphatic carbocycles. The molecule has 4 aliphatic rings. The summed E-state index contributed by atoms with van der Waals surface area (Å²) in [4.78, 5) is 54.2. The zero-order chi connectivity index (χ0) is 25.2. The molecule has 5 rings (SSSR count). The molecule has 35 heavy (non-hydrogen) atoms. The SMILES string of the molecule is CCN1C(=O)[C@H]2[C@H](CC=C3[C@H](c4c(OC)cc(O)cc4OC)C4=C(C[C@H]32)C(=O)C(Br)=CC4=O)C1=O. The summed E-state index contributed by atoms with van der Waals surface area (Å²) in [5.74, 6) is -2.84. The van der Waals surface area contributed by atoms with E-state index in [1.807, 2.05) is 6.08 Å². The number of carbonyl (C=O) groups excluding carboxylic acids is 4. The minimum absolute atomic E-state index is 0.0782. The van der Waals surface area contributed by atoms with Gasteiger partial charge in [0.1, 0.15) is 17.2 Å². The van der Waals surface area contributed by atoms with Crippen LogP contribution in [0.4, 0.5) is 0 Å². The van der Waals surface area contributed by atoms with Crippen LogP contribution in [0.25, 0.3) is 0 Å². The number of phenols is 1. The lowest BCUT2D eigenvalue weighted by molar-refractivity contribution is -0.139. The summed E-state index contributed by atoms with van der Waals surface area (Å²) in [6.45, 7) is 2.05. The Kier molecular flexibility index (Phi) is 5.70. The molecule has 0 radical (unpaired) electrons. The Balaban J connectivity index is 1.77. The van der Waals surface area contributed by atoms with Crippen LogP contribution >= 0.6 is 15.9 Å². The Morgan fingerprint density at radius 3 is 2.31 bits per heavy atom. The van der Waals surface area contributed by atoms with E-state index < -0.39 is 23.7 Å². The highest BCUT2D eigenvalue weighted by molar-refractivity contribution is 9.12. The van der Waals surface area contributed by atoms with Crippen molar-refractivity contribution in [3.05, 3.63) is 51.0 Å². The van der Waals surface area contributed by atoms with Crippen LogP contribution in [0.2, 0.25) is 0 Å². The maximum Gasteiger partial charge on any atom is 0.233 e. The Morgan fingerprint density at radius 1 is 1.06 bits per heavy atom. The van der Waals surface area contributed by atoms with E-state index in [9.17, 15) is 24.3 Å². The summed E-state index contributed by atoms with van der Waals surface area (Å²) in [6.07, 6.45) is 3.75. The van der Waals surface area contributed by atoms with Crippen molar-refractivity contribution in [1.29, 1.82) is 0 Å². The number of methoxy groups -OCH3 is 2. The third-order valence-corrected chi connectivity index (χ3v) is 8.15. The zero-order valence-electron chi connectivity index (χ0n) is 19.5. The van der Waals surface area contributed by atoms with Crippen LogP contribution in [0.1, 0.15) is 31.2 Å². The first kappa shape index (κ1) is 23.5. The number of Topliss-reactive ketones (excluding diaryl/α,β-unsaturated/α-hetero) is 1. The first-order chi connectivity index (χ1) is 16.7. The number of phenolic OH excluding ortho intramolecular Hbond substituents is 1. The number of ketones is 2. The van der Waals surface area contributed by atoms with Crippen molar-refractivity contribution < 1.29 is 33.8 Å². The molecule has 1 aromatic carbocycles. The van der Waals surface area contributed by atoms with Gasteiger partial charge in [0.2, 0.25) is 11.8 Å². The fourth-order valence-corrected chi connectivity index (χ4v) is 6.57. The minimum atomic E-state index is -0.734. The number of ether oxygens (including phenoxy) is 2. The van der Waals surface area contributed by atoms with Gasteiger partial charge in [0.05, 0.1) is 30.5 Å². The molecule has 1 aliphatic heterocycles. The van der Waals surface area contributed by atoms with E-state index in [4.69, 9.17) is 9.47 Å². The normalized spacial score (nSPS) is 27.8. The molecular formula is C26H24BrNO7. The summed E-state index contributed by atoms with van der Waals surface area (Å²) in [5, 5.41) is 10.2. The van der Waals surface area contributed by atoms with E-state index in [0.717, 1.165) is 5.57 Å². The molecule has 8 nitrogen and oxygen atoms in total. The number of nitrogens with zero attached hydrogens (tertiary/aromatic N) is 1. The Labute approximate surface area is 210 Å². The molecule has 1 aromatic rings. The van der Waals surface area contributed by atoms with Gasteiger partial charge >= 0.3 is 0 Å². The largest absolute Gasteiger partial charge is 0.508 e. The Morgan fingerprint density at radius 2 is 1.71 bits per heavy atom. The standard InChI is InChI=1S/C26H24BrNO7/c1-4-28-25(32)13-6-5-12-14(20(13)26(28)33)9-15-21(17(30)10-16(27)24(15)31)22(12)23-18(34-2)7-11(29)8-19(23)35-3/h5,7-8,10,13-14,20,22,29H,4,6,9H2,1-3H3/t13-,14+,20-,22-/m0/s1. The van der Waals surface area contributed by atoms with E-state index in [1.54, 1.807) is 6.92 Å². The molecule has 0 aromatic heterocycles. The average molecular weight is 542 g/mol. The van der Waals surface area contributed by atoms with Gasteiger partial charge in [-0.3, -0.25) is 24.1 Å². The second-order valence-corrected chi connectivity index (χ2v) is 9.93. The lowest BCUT2D eigenvalue weighted by atomic mass is 9.59. The van der Waals surface area contributed by atoms with Crippen molar-refractivity contribution in [2.24, 2.45) is 17.8 Å². The van der Waals surface area contributed by atoms with Gasteiger partial charge in [-0.05, 0) is 41.6 Å². The van der Waals surface area contributed by atoms with Gasteiger partial charge in [-0.15, -0.1) is 0 Å². The summed E-state index contributed by atoms with van der Waals surface area (Å²) < 4.78 is 11.3. The maximum atomic E-state index is 13.3. The molecule has 1 N–H and O–H groups in total. The van der Waals surface area contributed by atoms with E-state index in [2.05, 4.69) is 15.9 Å². The van der Waals surface area contributed by atoms with E-state index in [0.29, 0.717) is 34.6 Å². The number of halogens is 1. The van der Waals surface area contributed by atoms with Gasteiger partial charge < -0.3 is 14.6 Å². The highest BCUT2D eigenvalue weighted by Crippen LogP contribution is 2.58. The summed E-state index contributed by atoms with van der Waals surface area (Å²) in [6, 6.07) is 2.86. The Hall–Kier alpha value is -3.20. The second kappa shape index (κ2) is 8.48. The van der Waals surface area contributed by atoms with Crippen LogP contribution in [0.3, 0.4) is 0 Å². The number of allylic oxidation sites excluding steroid dienone is 6. The third-order valence-electron chi connectivity index (χ3n) is 7.56. The quantitative estimate of drug-likeness (QED) is 0.354. The first-order valence-electron chi connectivity index (χ1n) is 11.4. The zero-order valence-corrected chi connectivity index (χ0v) is 21.0. The number of carbonyl (C=O) groups is 4. The van der Waals surface area contributed by atoms with Gasteiger partial charge in [0.25, 0.3) is 0 Å². The van der Waals surface area contributed by atoms with Gasteiger partial charge in [0, 0.05) is 47.4 Å². The lowest BCUT2D eigenvalue weighted by Crippen LogP contribution is -2.39. The van der Waals surface area contributed by atoms with Crippen LogP contribution in [-0.2, 0) is 19.2 Å². The van der Waals surface area contributed by atoms with Crippen LogP contribution in [0.5, 0.6) is 17.2 Å². The molecule has 0 spiro atoms. The van der Waals surface area contributed by atoms with Gasteiger partial charge in [-0.2, -0.15) is 0 Å². The number of likely N-dealkylation sites (tertiary alicyclic amines) is 1. The average Bonchev–Trinajstić information content (AvgIpc) is 3.09. The smallest absolute Gasteiger partial charge is 0.233 e. The van der Waals surface area contributed by atoms with E-state index in [1.165, 1.54) is 37.3 Å². The predicted octanol–water partition coefficient (Wildman–Crippen LogP) is 3.19. The first-order valence-corrected chi connectivity index (χ1v) is 12.2. The van der Waals surface area contributed by atoms with Crippen molar-refractivity contribution >= 4 is 39.3 Å². The molecule has 182 valence electrons. The molecular weight excluding hydrogens is 518 g/mol. The predicted molar refractivity (Wildman–Crippen MR) is 128 cm³/mol. The number of amides is 2. The second-order valence-electron chi connectivity index (χ2n) is 9.08. The van der Waals surface area contributed by atoms with Crippen LogP contribution in [0.15, 0.2) is 45.5 Å². The van der Waals surface area contributed by atoms with Crippen molar-refractivity contribution in [3.8, 4) is 17.2 Å². The van der Waals surface area contributed by atoms with Crippen molar-refractivity contribution in [2.45, 2.75) is 25.7 Å². The summed E-state index contributed by atoms with van der Waals surface area (Å²) >= 11 is 3.21. The molecule has 0 bridgehead atoms. The molecule has 0 saturated carbocycles. The number of hydrogen-bond acceptors (Lipinski definition) is 7. The number of fused-ring (bicyclic) bond motifs is 3. The van der Waals surface area contributed by atoms with E-state index in [-0.39, 0.29) is 46.6 Å². The highest BCUT2D eigenvalue weighted by atomic mass is 79.9. The van der Waals surface area contributed by atoms with Crippen LogP contribution < -0.4 is 9.47 Å². The molecule has 1 heterocycles. The fourth-order valence-electron chi connectivity index (χ4n) is 6.12. The lowest BCUT2D eigenvalue weighted by Gasteiger charge is -2.42. The van der Waals surface area contributed by atoms with E-state index >= 15 is 0 Å². The maximum absolute atomic E-state index is 13.3. The fraction of sp³-hybridized carbons (Fsp3) is 0.385. The molecule has 2 amide bonds. The van der Waals surface area contributed by atoms with Crippen LogP contribution in [0, 0.1) is 17.8 Å². The Bertz CT molecular complexity index is 1270. The van der Waals surface area contributed by atoms with Crippen LogP contribution in [-0.4, -0.2) is 54.2 Å². The molecule has 0 unspecified atom stereocenters. The molecule has 9 heteroatoms. The number of imide groups is 1. The summed E-state index contributed by atoms with van der Waals surface area (Å²) in [5.41, 5.74) is 1.92. The topological polar surface area (TPSA) is 110 Å². The monoisotopic (exact) mass is 541 g/mol.